The number of hydrogen-bond donors (Lipinski definition) is 1. The Morgan fingerprint density at radius 2 is 2.26 bits per heavy atom. The van der Waals surface area contributed by atoms with Crippen molar-refractivity contribution in [1.82, 2.24) is 5.06 Å². The molecule has 0 spiro atoms. The molecule has 0 aliphatic carbocycles. The van der Waals surface area contributed by atoms with E-state index in [2.05, 4.69) is 4.74 Å². The van der Waals surface area contributed by atoms with Gasteiger partial charge in [0.05, 0.1) is 25.9 Å². The van der Waals surface area contributed by atoms with Crippen LogP contribution >= 0.6 is 0 Å². The van der Waals surface area contributed by atoms with Gasteiger partial charge in [-0.15, -0.1) is 0 Å². The Bertz CT molecular complexity index is 364. The first-order chi connectivity index (χ1) is 8.82. The maximum atomic E-state index is 13.1. The zero-order valence-corrected chi connectivity index (χ0v) is 10.1. The van der Waals surface area contributed by atoms with Gasteiger partial charge in [-0.05, 0) is 6.92 Å². The molecule has 2 fully saturated rings. The van der Waals surface area contributed by atoms with Gasteiger partial charge in [-0.25, -0.2) is 4.79 Å². The van der Waals surface area contributed by atoms with Gasteiger partial charge in [-0.1, -0.05) is 0 Å². The first-order valence-electron chi connectivity index (χ1n) is 5.79. The van der Waals surface area contributed by atoms with Crippen molar-refractivity contribution < 1.29 is 37.4 Å². The van der Waals surface area contributed by atoms with Crippen LogP contribution < -0.4 is 0 Å². The predicted octanol–water partition coefficient (Wildman–Crippen LogP) is -0.142. The summed E-state index contributed by atoms with van der Waals surface area (Å²) in [6, 6.07) is -1.48. The fraction of sp³-hybridized carbons (Fsp3) is 0.900. The highest BCUT2D eigenvalue weighted by atomic mass is 19.4. The third-order valence-corrected chi connectivity index (χ3v) is 3.18. The molecule has 2 rings (SSSR count). The third-order valence-electron chi connectivity index (χ3n) is 3.18. The van der Waals surface area contributed by atoms with Crippen LogP contribution in [0.2, 0.25) is 0 Å². The Labute approximate surface area is 107 Å². The van der Waals surface area contributed by atoms with Crippen LogP contribution in [0.5, 0.6) is 0 Å². The molecule has 0 saturated carbocycles. The quantitative estimate of drug-likeness (QED) is 0.712. The summed E-state index contributed by atoms with van der Waals surface area (Å²) in [5.41, 5.74) is -3.33. The molecule has 19 heavy (non-hydrogen) atoms. The Balaban J connectivity index is 2.33. The molecule has 1 N–H and O–H groups in total. The second-order valence-corrected chi connectivity index (χ2v) is 4.29. The number of halogens is 3. The number of rotatable bonds is 2. The Kier molecular flexibility index (Phi) is 3.74. The van der Waals surface area contributed by atoms with Gasteiger partial charge in [0.15, 0.2) is 0 Å². The SMILES string of the molecule is CCOC(=O)[C@@H]1ON2CCOC[C@@H]2[C@]1(O)C(F)(F)F. The number of hydrogen-bond acceptors (Lipinski definition) is 6. The van der Waals surface area contributed by atoms with E-state index >= 15 is 0 Å². The van der Waals surface area contributed by atoms with Gasteiger partial charge in [-0.3, -0.25) is 4.84 Å². The molecule has 110 valence electrons. The van der Waals surface area contributed by atoms with Crippen molar-refractivity contribution in [3.05, 3.63) is 0 Å². The molecule has 2 heterocycles. The highest BCUT2D eigenvalue weighted by Crippen LogP contribution is 2.45. The summed E-state index contributed by atoms with van der Waals surface area (Å²) >= 11 is 0. The molecule has 0 aromatic rings. The van der Waals surface area contributed by atoms with Crippen molar-refractivity contribution in [3.8, 4) is 0 Å². The molecular formula is C10H14F3NO5. The van der Waals surface area contributed by atoms with Crippen molar-refractivity contribution in [1.29, 1.82) is 0 Å². The van der Waals surface area contributed by atoms with E-state index in [-0.39, 0.29) is 26.4 Å². The lowest BCUT2D eigenvalue weighted by atomic mass is 9.88. The topological polar surface area (TPSA) is 68.2 Å². The molecule has 0 aromatic carbocycles. The summed E-state index contributed by atoms with van der Waals surface area (Å²) in [5.74, 6) is -1.24. The van der Waals surface area contributed by atoms with Gasteiger partial charge >= 0.3 is 12.1 Å². The van der Waals surface area contributed by atoms with Crippen LogP contribution in [0.25, 0.3) is 0 Å². The number of hydroxylamine groups is 2. The van der Waals surface area contributed by atoms with Gasteiger partial charge in [-0.2, -0.15) is 18.2 Å². The number of ether oxygens (including phenoxy) is 2. The Hall–Kier alpha value is -0.900. The minimum Gasteiger partial charge on any atom is -0.464 e. The standard InChI is InChI=1S/C10H14F3NO5/c1-2-18-8(15)7-9(16,10(11,12)13)6-5-17-4-3-14(6)19-7/h6-7,16H,2-5H2,1H3/t6-,7+,9-/m1/s1. The zero-order valence-electron chi connectivity index (χ0n) is 10.1. The second-order valence-electron chi connectivity index (χ2n) is 4.29. The number of fused-ring (bicyclic) bond motifs is 1. The van der Waals surface area contributed by atoms with Gasteiger partial charge in [0.2, 0.25) is 11.7 Å². The van der Waals surface area contributed by atoms with E-state index in [0.717, 1.165) is 5.06 Å². The molecule has 0 aromatic heterocycles. The maximum absolute atomic E-state index is 13.1. The largest absolute Gasteiger partial charge is 0.464 e. The van der Waals surface area contributed by atoms with Crippen molar-refractivity contribution in [2.45, 2.75) is 30.8 Å². The van der Waals surface area contributed by atoms with E-state index < -0.39 is 29.9 Å². The highest BCUT2D eigenvalue weighted by Gasteiger charge is 2.72. The molecule has 9 heteroatoms. The van der Waals surface area contributed by atoms with Crippen molar-refractivity contribution in [2.75, 3.05) is 26.4 Å². The molecule has 3 atom stereocenters. The predicted molar refractivity (Wildman–Crippen MR) is 53.8 cm³/mol. The van der Waals surface area contributed by atoms with Crippen LogP contribution in [-0.4, -0.2) is 66.4 Å². The maximum Gasteiger partial charge on any atom is 0.422 e. The van der Waals surface area contributed by atoms with Gasteiger partial charge in [0.25, 0.3) is 0 Å². The van der Waals surface area contributed by atoms with Crippen LogP contribution in [0.4, 0.5) is 13.2 Å². The number of aliphatic hydroxyl groups is 1. The van der Waals surface area contributed by atoms with E-state index in [1.165, 1.54) is 6.92 Å². The van der Waals surface area contributed by atoms with Gasteiger partial charge < -0.3 is 14.6 Å². The summed E-state index contributed by atoms with van der Waals surface area (Å²) in [5, 5.41) is 11.0. The normalized spacial score (nSPS) is 36.1. The molecule has 2 aliphatic heterocycles. The summed E-state index contributed by atoms with van der Waals surface area (Å²) in [6.07, 6.45) is -7.16. The average Bonchev–Trinajstić information content (AvgIpc) is 2.65. The van der Waals surface area contributed by atoms with E-state index in [1.807, 2.05) is 0 Å². The van der Waals surface area contributed by atoms with E-state index in [1.54, 1.807) is 0 Å². The third kappa shape index (κ3) is 2.20. The number of esters is 1. The number of alkyl halides is 3. The smallest absolute Gasteiger partial charge is 0.422 e. The molecule has 0 unspecified atom stereocenters. The monoisotopic (exact) mass is 285 g/mol. The molecule has 0 bridgehead atoms. The van der Waals surface area contributed by atoms with E-state index in [4.69, 9.17) is 9.57 Å². The summed E-state index contributed by atoms with van der Waals surface area (Å²) < 4.78 is 48.9. The summed E-state index contributed by atoms with van der Waals surface area (Å²) in [7, 11) is 0. The molecular weight excluding hydrogens is 271 g/mol. The zero-order chi connectivity index (χ0) is 14.3. The minimum atomic E-state index is -5.04. The van der Waals surface area contributed by atoms with Crippen LogP contribution in [0.15, 0.2) is 0 Å². The lowest BCUT2D eigenvalue weighted by Gasteiger charge is -2.36. The van der Waals surface area contributed by atoms with Crippen LogP contribution in [0.3, 0.4) is 0 Å². The van der Waals surface area contributed by atoms with E-state index in [0.29, 0.717) is 0 Å². The number of morpholine rings is 1. The summed E-state index contributed by atoms with van der Waals surface area (Å²) in [4.78, 5) is 16.5. The number of carbonyl (C=O) groups is 1. The van der Waals surface area contributed by atoms with Crippen LogP contribution in [0.1, 0.15) is 6.92 Å². The first-order valence-corrected chi connectivity index (χ1v) is 5.79. The van der Waals surface area contributed by atoms with Crippen molar-refractivity contribution in [3.63, 3.8) is 0 Å². The fourth-order valence-corrected chi connectivity index (χ4v) is 2.23. The van der Waals surface area contributed by atoms with Crippen LogP contribution in [0, 0.1) is 0 Å². The van der Waals surface area contributed by atoms with Crippen LogP contribution in [-0.2, 0) is 19.1 Å². The molecule has 6 nitrogen and oxygen atoms in total. The number of carbonyl (C=O) groups excluding carboxylic acids is 1. The first kappa shape index (κ1) is 14.5. The van der Waals surface area contributed by atoms with E-state index in [9.17, 15) is 23.1 Å². The van der Waals surface area contributed by atoms with Crippen molar-refractivity contribution in [2.24, 2.45) is 0 Å². The molecule has 0 amide bonds. The lowest BCUT2D eigenvalue weighted by Crippen LogP contribution is -2.64. The number of nitrogens with zero attached hydrogens (tertiary/aromatic N) is 1. The highest BCUT2D eigenvalue weighted by molar-refractivity contribution is 5.77. The molecule has 2 saturated heterocycles. The second kappa shape index (κ2) is 4.89. The summed E-state index contributed by atoms with van der Waals surface area (Å²) in [6.45, 7) is 1.19. The molecule has 2 aliphatic rings. The molecule has 0 radical (unpaired) electrons. The lowest BCUT2D eigenvalue weighted by molar-refractivity contribution is -0.280. The van der Waals surface area contributed by atoms with Crippen molar-refractivity contribution >= 4 is 5.97 Å². The minimum absolute atomic E-state index is 0.0406. The Morgan fingerprint density at radius 1 is 1.58 bits per heavy atom. The van der Waals surface area contributed by atoms with Gasteiger partial charge in [0, 0.05) is 6.54 Å². The fourth-order valence-electron chi connectivity index (χ4n) is 2.23. The Morgan fingerprint density at radius 3 is 2.84 bits per heavy atom. The average molecular weight is 285 g/mol. The van der Waals surface area contributed by atoms with Gasteiger partial charge in [0.1, 0.15) is 0 Å².